The number of halogens is 3. The van der Waals surface area contributed by atoms with Crippen LogP contribution in [0.3, 0.4) is 0 Å². The lowest BCUT2D eigenvalue weighted by Gasteiger charge is -2.12. The quantitative estimate of drug-likeness (QED) is 0.850. The molecule has 0 aromatic heterocycles. The molecular weight excluding hydrogens is 287 g/mol. The zero-order chi connectivity index (χ0) is 13.8. The largest absolute Gasteiger partial charge is 0.398 e. The van der Waals surface area contributed by atoms with Gasteiger partial charge >= 0.3 is 6.18 Å². The van der Waals surface area contributed by atoms with Crippen molar-refractivity contribution in [1.29, 1.82) is 0 Å². The molecule has 0 bridgehead atoms. The van der Waals surface area contributed by atoms with Crippen LogP contribution < -0.4 is 4.72 Å². The molecule has 3 nitrogen and oxygen atoms in total. The van der Waals surface area contributed by atoms with Crippen LogP contribution in [-0.4, -0.2) is 26.1 Å². The number of benzene rings is 1. The van der Waals surface area contributed by atoms with E-state index in [0.717, 1.165) is 0 Å². The Morgan fingerprint density at radius 2 is 1.89 bits per heavy atom. The van der Waals surface area contributed by atoms with E-state index in [2.05, 4.69) is 4.72 Å². The highest BCUT2D eigenvalue weighted by molar-refractivity contribution is 7.99. The standard InChI is InChI=1S/C10H12F3NO2S2/c1-2-18(15,16)14-8-5-3-4-6-9(8)17-7-10(11,12)13/h3-6,14H,2,7H2,1H3. The third-order valence-electron chi connectivity index (χ3n) is 1.92. The van der Waals surface area contributed by atoms with Gasteiger partial charge in [-0.2, -0.15) is 13.2 Å². The summed E-state index contributed by atoms with van der Waals surface area (Å²) in [5, 5.41) is 0. The van der Waals surface area contributed by atoms with Gasteiger partial charge < -0.3 is 0 Å². The number of para-hydroxylation sites is 1. The van der Waals surface area contributed by atoms with Crippen LogP contribution in [0.25, 0.3) is 0 Å². The molecular formula is C10H12F3NO2S2. The lowest BCUT2D eigenvalue weighted by molar-refractivity contribution is -0.105. The van der Waals surface area contributed by atoms with Gasteiger partial charge in [-0.05, 0) is 19.1 Å². The number of thioether (sulfide) groups is 1. The second kappa shape index (κ2) is 5.83. The van der Waals surface area contributed by atoms with Crippen molar-refractivity contribution in [2.24, 2.45) is 0 Å². The third-order valence-corrected chi connectivity index (χ3v) is 4.35. The maximum atomic E-state index is 12.1. The van der Waals surface area contributed by atoms with E-state index in [0.29, 0.717) is 11.8 Å². The van der Waals surface area contributed by atoms with Gasteiger partial charge in [-0.25, -0.2) is 8.42 Å². The fraction of sp³-hybridized carbons (Fsp3) is 0.400. The van der Waals surface area contributed by atoms with E-state index in [4.69, 9.17) is 0 Å². The number of sulfonamides is 1. The van der Waals surface area contributed by atoms with E-state index in [-0.39, 0.29) is 16.3 Å². The van der Waals surface area contributed by atoms with E-state index in [1.54, 1.807) is 12.1 Å². The molecule has 0 radical (unpaired) electrons. The van der Waals surface area contributed by atoms with Gasteiger partial charge in [0.15, 0.2) is 0 Å². The number of hydrogen-bond donors (Lipinski definition) is 1. The Balaban J connectivity index is 2.87. The van der Waals surface area contributed by atoms with Crippen LogP contribution in [0, 0.1) is 0 Å². The fourth-order valence-electron chi connectivity index (χ4n) is 1.08. The molecule has 1 rings (SSSR count). The first-order valence-electron chi connectivity index (χ1n) is 5.02. The smallest absolute Gasteiger partial charge is 0.282 e. The lowest BCUT2D eigenvalue weighted by atomic mass is 10.3. The van der Waals surface area contributed by atoms with Crippen molar-refractivity contribution < 1.29 is 21.6 Å². The molecule has 8 heteroatoms. The number of anilines is 1. The molecule has 0 unspecified atom stereocenters. The molecule has 1 aromatic carbocycles. The van der Waals surface area contributed by atoms with Gasteiger partial charge in [0, 0.05) is 4.90 Å². The Labute approximate surface area is 108 Å². The predicted molar refractivity (Wildman–Crippen MR) is 66.3 cm³/mol. The molecule has 0 aliphatic rings. The number of nitrogens with one attached hydrogen (secondary N) is 1. The summed E-state index contributed by atoms with van der Waals surface area (Å²) in [6, 6.07) is 6.00. The highest BCUT2D eigenvalue weighted by Gasteiger charge is 2.27. The van der Waals surface area contributed by atoms with Gasteiger partial charge in [0.05, 0.1) is 17.2 Å². The predicted octanol–water partition coefficient (Wildman–Crippen LogP) is 3.10. The third kappa shape index (κ3) is 5.18. The van der Waals surface area contributed by atoms with Crippen molar-refractivity contribution in [3.8, 4) is 0 Å². The average Bonchev–Trinajstić information content (AvgIpc) is 2.26. The summed E-state index contributed by atoms with van der Waals surface area (Å²) < 4.78 is 61.4. The molecule has 0 aliphatic carbocycles. The number of alkyl halides is 3. The van der Waals surface area contributed by atoms with Gasteiger partial charge in [0.1, 0.15) is 0 Å². The Morgan fingerprint density at radius 3 is 2.44 bits per heavy atom. The zero-order valence-electron chi connectivity index (χ0n) is 9.49. The first-order valence-corrected chi connectivity index (χ1v) is 7.66. The molecule has 0 spiro atoms. The maximum Gasteiger partial charge on any atom is 0.398 e. The van der Waals surface area contributed by atoms with Gasteiger partial charge in [-0.15, -0.1) is 11.8 Å². The van der Waals surface area contributed by atoms with Crippen molar-refractivity contribution in [2.75, 3.05) is 16.2 Å². The molecule has 0 saturated carbocycles. The van der Waals surface area contributed by atoms with Gasteiger partial charge in [-0.3, -0.25) is 4.72 Å². The topological polar surface area (TPSA) is 46.2 Å². The van der Waals surface area contributed by atoms with Crippen molar-refractivity contribution in [1.82, 2.24) is 0 Å². The Bertz CT molecular complexity index is 500. The summed E-state index contributed by atoms with van der Waals surface area (Å²) in [6.45, 7) is 1.45. The second-order valence-electron chi connectivity index (χ2n) is 3.41. The Kier molecular flexibility index (Phi) is 4.92. The van der Waals surface area contributed by atoms with Crippen LogP contribution in [0.2, 0.25) is 0 Å². The average molecular weight is 299 g/mol. The summed E-state index contributed by atoms with van der Waals surface area (Å²) >= 11 is 0.553. The van der Waals surface area contributed by atoms with Crippen molar-refractivity contribution in [3.63, 3.8) is 0 Å². The zero-order valence-corrected chi connectivity index (χ0v) is 11.1. The van der Waals surface area contributed by atoms with E-state index in [1.165, 1.54) is 19.1 Å². The summed E-state index contributed by atoms with van der Waals surface area (Å²) in [6.07, 6.45) is -4.29. The van der Waals surface area contributed by atoms with Gasteiger partial charge in [0.25, 0.3) is 0 Å². The summed E-state index contributed by atoms with van der Waals surface area (Å²) in [4.78, 5) is 0.256. The minimum atomic E-state index is -4.29. The van der Waals surface area contributed by atoms with E-state index >= 15 is 0 Å². The minimum Gasteiger partial charge on any atom is -0.282 e. The van der Waals surface area contributed by atoms with Crippen LogP contribution in [0.4, 0.5) is 18.9 Å². The summed E-state index contributed by atoms with van der Waals surface area (Å²) in [7, 11) is -3.49. The first kappa shape index (κ1) is 15.2. The van der Waals surface area contributed by atoms with E-state index in [9.17, 15) is 21.6 Å². The van der Waals surface area contributed by atoms with Crippen molar-refractivity contribution >= 4 is 27.5 Å². The highest BCUT2D eigenvalue weighted by atomic mass is 32.2. The van der Waals surface area contributed by atoms with E-state index < -0.39 is 22.0 Å². The highest BCUT2D eigenvalue weighted by Crippen LogP contribution is 2.32. The normalized spacial score (nSPS) is 12.4. The van der Waals surface area contributed by atoms with Crippen LogP contribution in [0.15, 0.2) is 29.2 Å². The summed E-state index contributed by atoms with van der Waals surface area (Å²) in [5.41, 5.74) is 0.175. The lowest BCUT2D eigenvalue weighted by Crippen LogP contribution is -2.15. The van der Waals surface area contributed by atoms with Gasteiger partial charge in [-0.1, -0.05) is 12.1 Å². The van der Waals surface area contributed by atoms with Crippen LogP contribution in [-0.2, 0) is 10.0 Å². The molecule has 1 aromatic rings. The molecule has 102 valence electrons. The Morgan fingerprint density at radius 1 is 1.28 bits per heavy atom. The molecule has 0 atom stereocenters. The molecule has 0 heterocycles. The number of rotatable bonds is 5. The van der Waals surface area contributed by atoms with Crippen LogP contribution in [0.1, 0.15) is 6.92 Å². The minimum absolute atomic E-state index is 0.134. The van der Waals surface area contributed by atoms with Crippen LogP contribution >= 0.6 is 11.8 Å². The summed E-state index contributed by atoms with van der Waals surface area (Å²) in [5.74, 6) is -1.19. The molecule has 0 amide bonds. The molecule has 0 saturated heterocycles. The molecule has 0 fully saturated rings. The SMILES string of the molecule is CCS(=O)(=O)Nc1ccccc1SCC(F)(F)F. The first-order chi connectivity index (χ1) is 8.23. The molecule has 0 aliphatic heterocycles. The van der Waals surface area contributed by atoms with Crippen molar-refractivity contribution in [2.45, 2.75) is 18.0 Å². The second-order valence-corrected chi connectivity index (χ2v) is 6.43. The molecule has 18 heavy (non-hydrogen) atoms. The molecule has 1 N–H and O–H groups in total. The van der Waals surface area contributed by atoms with Crippen molar-refractivity contribution in [3.05, 3.63) is 24.3 Å². The fourth-order valence-corrected chi connectivity index (χ4v) is 2.57. The van der Waals surface area contributed by atoms with Crippen LogP contribution in [0.5, 0.6) is 0 Å². The monoisotopic (exact) mass is 299 g/mol. The number of hydrogen-bond acceptors (Lipinski definition) is 3. The van der Waals surface area contributed by atoms with E-state index in [1.807, 2.05) is 0 Å². The Hall–Kier alpha value is -0.890. The van der Waals surface area contributed by atoms with Gasteiger partial charge in [0.2, 0.25) is 10.0 Å². The maximum absolute atomic E-state index is 12.1.